The summed E-state index contributed by atoms with van der Waals surface area (Å²) in [4.78, 5) is 0. The maximum absolute atomic E-state index is 2.28. The normalized spacial score (nSPS) is 23.0. The second-order valence-corrected chi connectivity index (χ2v) is 10.2. The molecule has 0 spiro atoms. The van der Waals surface area contributed by atoms with Gasteiger partial charge < -0.3 is 0 Å². The van der Waals surface area contributed by atoms with Crippen LogP contribution in [0.4, 0.5) is 0 Å². The molecule has 5 heteroatoms. The Morgan fingerprint density at radius 3 is 1.89 bits per heavy atom. The van der Waals surface area contributed by atoms with Crippen LogP contribution in [0.2, 0.25) is 0 Å². The summed E-state index contributed by atoms with van der Waals surface area (Å²) in [6, 6.07) is 0. The molecule has 1 fully saturated rings. The molecule has 0 aromatic heterocycles. The maximum atomic E-state index is 2.28. The van der Waals surface area contributed by atoms with E-state index >= 15 is 0 Å². The van der Waals surface area contributed by atoms with Crippen LogP contribution in [0.25, 0.3) is 0 Å². The van der Waals surface area contributed by atoms with Crippen molar-refractivity contribution in [2.24, 2.45) is 5.92 Å². The van der Waals surface area contributed by atoms with Gasteiger partial charge in [-0.25, -0.2) is 0 Å². The molecule has 0 aliphatic carbocycles. The predicted molar refractivity (Wildman–Crippen MR) is 56.6 cm³/mol. The third-order valence-corrected chi connectivity index (χ3v) is 11.4. The van der Waals surface area contributed by atoms with Crippen LogP contribution in [0.3, 0.4) is 0 Å². The zero-order chi connectivity index (χ0) is 6.69. The van der Waals surface area contributed by atoms with Gasteiger partial charge in [-0.3, -0.25) is 0 Å². The molecule has 0 saturated carbocycles. The molecule has 0 amide bonds. The molecule has 0 atom stereocenters. The molecule has 0 N–H and O–H groups in total. The van der Waals surface area contributed by atoms with Crippen molar-refractivity contribution in [2.45, 2.75) is 18.4 Å². The summed E-state index contributed by atoms with van der Waals surface area (Å²) in [6.45, 7) is 4.56. The van der Waals surface area contributed by atoms with Gasteiger partial charge in [-0.1, -0.05) is 35.4 Å². The number of hydrogen-bond donors (Lipinski definition) is 0. The van der Waals surface area contributed by atoms with E-state index in [9.17, 15) is 0 Å². The second kappa shape index (κ2) is 4.59. The highest BCUT2D eigenvalue weighted by atomic mass is 33.8. The Bertz CT molecular complexity index is 77.0. The minimum Gasteiger partial charge on any atom is -0.0661 e. The van der Waals surface area contributed by atoms with Crippen molar-refractivity contribution in [3.8, 4) is 0 Å². The first kappa shape index (κ1) is 8.84. The maximum Gasteiger partial charge on any atom is 0.0749 e. The van der Waals surface area contributed by atoms with E-state index < -0.39 is 0 Å². The summed E-state index contributed by atoms with van der Waals surface area (Å²) in [7, 11) is 9.68. The van der Waals surface area contributed by atoms with E-state index in [4.69, 9.17) is 0 Å². The van der Waals surface area contributed by atoms with Crippen LogP contribution in [-0.4, -0.2) is 4.58 Å². The summed E-state index contributed by atoms with van der Waals surface area (Å²) in [5, 5.41) is 0. The smallest absolute Gasteiger partial charge is 0.0661 e. The molecule has 0 aromatic rings. The Balaban J connectivity index is 2.23. The summed E-state index contributed by atoms with van der Waals surface area (Å²) in [5.41, 5.74) is 0. The second-order valence-electron chi connectivity index (χ2n) is 2.01. The Morgan fingerprint density at radius 1 is 1.00 bits per heavy atom. The summed E-state index contributed by atoms with van der Waals surface area (Å²) in [5.74, 6) is 0.806. The third-order valence-electron chi connectivity index (χ3n) is 0.868. The first-order valence-electron chi connectivity index (χ1n) is 2.63. The van der Waals surface area contributed by atoms with Gasteiger partial charge in [0, 0.05) is 0 Å². The zero-order valence-corrected chi connectivity index (χ0v) is 9.28. The molecule has 1 aliphatic rings. The van der Waals surface area contributed by atoms with Crippen LogP contribution in [0.15, 0.2) is 0 Å². The van der Waals surface area contributed by atoms with Crippen molar-refractivity contribution in [2.75, 3.05) is 0 Å². The molecule has 0 nitrogen and oxygen atoms in total. The van der Waals surface area contributed by atoms with Gasteiger partial charge in [0.1, 0.15) is 0 Å². The lowest BCUT2D eigenvalue weighted by atomic mass is 10.3. The van der Waals surface area contributed by atoms with Gasteiger partial charge in [-0.15, -0.1) is 0 Å². The van der Waals surface area contributed by atoms with Crippen molar-refractivity contribution < 1.29 is 0 Å². The fourth-order valence-corrected chi connectivity index (χ4v) is 12.5. The summed E-state index contributed by atoms with van der Waals surface area (Å²) >= 11 is 0. The monoisotopic (exact) mass is 216 g/mol. The van der Waals surface area contributed by atoms with Crippen molar-refractivity contribution in [3.63, 3.8) is 0 Å². The standard InChI is InChI=1S/C4H8S5/c1-3(2)4-5-7-9-8-6-4/h3-4H,1-2H3. The van der Waals surface area contributed by atoms with Gasteiger partial charge in [0.05, 0.1) is 4.58 Å². The fraction of sp³-hybridized carbons (Fsp3) is 1.00. The highest BCUT2D eigenvalue weighted by molar-refractivity contribution is 9.38. The van der Waals surface area contributed by atoms with Crippen LogP contribution < -0.4 is 0 Å². The molecule has 1 saturated heterocycles. The number of hydrogen-bond acceptors (Lipinski definition) is 5. The SMILES string of the molecule is CC(C)C1SSSSS1. The van der Waals surface area contributed by atoms with E-state index in [1.165, 1.54) is 0 Å². The van der Waals surface area contributed by atoms with E-state index in [1.54, 1.807) is 0 Å². The molecule has 0 radical (unpaired) electrons. The molecular weight excluding hydrogens is 208 g/mol. The molecule has 0 aromatic carbocycles. The molecule has 1 heterocycles. The van der Waals surface area contributed by atoms with Gasteiger partial charge in [0.2, 0.25) is 0 Å². The highest BCUT2D eigenvalue weighted by Crippen LogP contribution is 2.61. The van der Waals surface area contributed by atoms with Gasteiger partial charge in [-0.05, 0) is 35.4 Å². The summed E-state index contributed by atoms with van der Waals surface area (Å²) in [6.07, 6.45) is 0. The van der Waals surface area contributed by atoms with Gasteiger partial charge in [-0.2, -0.15) is 0 Å². The highest BCUT2D eigenvalue weighted by Gasteiger charge is 2.19. The molecular formula is C4H8S5. The lowest BCUT2D eigenvalue weighted by Gasteiger charge is -2.20. The van der Waals surface area contributed by atoms with Crippen LogP contribution in [0.1, 0.15) is 13.8 Å². The van der Waals surface area contributed by atoms with Crippen molar-refractivity contribution in [1.29, 1.82) is 0 Å². The lowest BCUT2D eigenvalue weighted by molar-refractivity contribution is 0.725. The van der Waals surface area contributed by atoms with E-state index in [2.05, 4.69) is 13.8 Å². The van der Waals surface area contributed by atoms with Crippen LogP contribution in [0.5, 0.6) is 0 Å². The average molecular weight is 216 g/mol. The first-order chi connectivity index (χ1) is 4.30. The Hall–Kier alpha value is 1.75. The minimum atomic E-state index is 0.793. The summed E-state index contributed by atoms with van der Waals surface area (Å²) < 4.78 is 0.793. The predicted octanol–water partition coefficient (Wildman–Crippen LogP) is 4.31. The zero-order valence-electron chi connectivity index (χ0n) is 5.20. The van der Waals surface area contributed by atoms with Crippen LogP contribution in [-0.2, 0) is 0 Å². The lowest BCUT2D eigenvalue weighted by Crippen LogP contribution is -2.03. The van der Waals surface area contributed by atoms with Crippen molar-refractivity contribution in [1.82, 2.24) is 0 Å². The Morgan fingerprint density at radius 2 is 1.56 bits per heavy atom. The largest absolute Gasteiger partial charge is 0.0749 e. The van der Waals surface area contributed by atoms with E-state index in [0.29, 0.717) is 0 Å². The topological polar surface area (TPSA) is 0 Å². The third kappa shape index (κ3) is 3.10. The van der Waals surface area contributed by atoms with Gasteiger partial charge >= 0.3 is 0 Å². The average Bonchev–Trinajstić information content (AvgIpc) is 1.90. The van der Waals surface area contributed by atoms with E-state index in [-0.39, 0.29) is 0 Å². The fourth-order valence-electron chi connectivity index (χ4n) is 0.359. The molecule has 9 heavy (non-hydrogen) atoms. The molecule has 0 bridgehead atoms. The van der Waals surface area contributed by atoms with E-state index in [0.717, 1.165) is 10.5 Å². The molecule has 0 unspecified atom stereocenters. The molecule has 1 aliphatic heterocycles. The van der Waals surface area contributed by atoms with E-state index in [1.807, 2.05) is 51.1 Å². The first-order valence-corrected chi connectivity index (χ1v) is 8.90. The Labute approximate surface area is 75.0 Å². The van der Waals surface area contributed by atoms with Crippen molar-refractivity contribution >= 4 is 51.1 Å². The van der Waals surface area contributed by atoms with Crippen LogP contribution >= 0.6 is 51.1 Å². The number of rotatable bonds is 1. The quantitative estimate of drug-likeness (QED) is 0.597. The van der Waals surface area contributed by atoms with Crippen LogP contribution in [0, 0.1) is 5.92 Å². The molecule has 54 valence electrons. The van der Waals surface area contributed by atoms with Crippen molar-refractivity contribution in [3.05, 3.63) is 0 Å². The van der Waals surface area contributed by atoms with Gasteiger partial charge in [0.15, 0.2) is 0 Å². The Kier molecular flexibility index (Phi) is 4.51. The minimum absolute atomic E-state index is 0.793. The molecule has 1 rings (SSSR count). The van der Waals surface area contributed by atoms with Gasteiger partial charge in [0.25, 0.3) is 0 Å².